The summed E-state index contributed by atoms with van der Waals surface area (Å²) in [7, 11) is 1.68. The van der Waals surface area contributed by atoms with Gasteiger partial charge in [-0.2, -0.15) is 0 Å². The van der Waals surface area contributed by atoms with Gasteiger partial charge in [-0.3, -0.25) is 5.43 Å². The van der Waals surface area contributed by atoms with Gasteiger partial charge in [0.25, 0.3) is 0 Å². The monoisotopic (exact) mass is 242 g/mol. The predicted molar refractivity (Wildman–Crippen MR) is 69.2 cm³/mol. The molecular weight excluding hydrogens is 228 g/mol. The van der Waals surface area contributed by atoms with Crippen molar-refractivity contribution in [2.24, 2.45) is 5.84 Å². The molecule has 0 spiro atoms. The van der Waals surface area contributed by atoms with Crippen LogP contribution in [0.1, 0.15) is 11.1 Å². The molecule has 0 atom stereocenters. The summed E-state index contributed by atoms with van der Waals surface area (Å²) in [6.07, 6.45) is 3.77. The van der Waals surface area contributed by atoms with Crippen LogP contribution in [0.2, 0.25) is 0 Å². The minimum Gasteiger partial charge on any atom is -0.497 e. The lowest BCUT2D eigenvalue weighted by Crippen LogP contribution is -2.13. The van der Waals surface area contributed by atoms with E-state index in [1.807, 2.05) is 18.3 Å². The Morgan fingerprint density at radius 1 is 1.28 bits per heavy atom. The number of nitrogens with two attached hydrogens (primary N) is 1. The number of anilines is 1. The fraction of sp³-hybridized carbons (Fsp3) is 0.231. The molecule has 2 aromatic rings. The van der Waals surface area contributed by atoms with Crippen molar-refractivity contribution in [2.45, 2.75) is 12.8 Å². The molecule has 1 aliphatic rings. The van der Waals surface area contributed by atoms with Crippen LogP contribution in [-0.4, -0.2) is 17.1 Å². The molecule has 92 valence electrons. The van der Waals surface area contributed by atoms with Crippen molar-refractivity contribution in [3.05, 3.63) is 35.5 Å². The highest BCUT2D eigenvalue weighted by Crippen LogP contribution is 2.34. The van der Waals surface area contributed by atoms with E-state index in [0.717, 1.165) is 35.4 Å². The zero-order valence-corrected chi connectivity index (χ0v) is 10.1. The molecule has 3 rings (SSSR count). The molecule has 0 radical (unpaired) electrons. The summed E-state index contributed by atoms with van der Waals surface area (Å²) in [5, 5.41) is 0. The normalized spacial score (nSPS) is 12.6. The van der Waals surface area contributed by atoms with Crippen LogP contribution in [0.5, 0.6) is 5.75 Å². The molecule has 0 aliphatic heterocycles. The quantitative estimate of drug-likeness (QED) is 0.617. The van der Waals surface area contributed by atoms with Crippen molar-refractivity contribution in [1.82, 2.24) is 9.97 Å². The molecule has 18 heavy (non-hydrogen) atoms. The number of fused-ring (bicyclic) bond motifs is 3. The van der Waals surface area contributed by atoms with Crippen molar-refractivity contribution in [2.75, 3.05) is 12.5 Å². The summed E-state index contributed by atoms with van der Waals surface area (Å²) in [6, 6.07) is 6.06. The molecule has 5 nitrogen and oxygen atoms in total. The summed E-state index contributed by atoms with van der Waals surface area (Å²) in [5.74, 6) is 6.67. The molecule has 1 aromatic carbocycles. The van der Waals surface area contributed by atoms with Gasteiger partial charge in [-0.25, -0.2) is 15.8 Å². The maximum absolute atomic E-state index is 5.35. The van der Waals surface area contributed by atoms with Crippen LogP contribution < -0.4 is 16.0 Å². The first kappa shape index (κ1) is 11.0. The fourth-order valence-corrected chi connectivity index (χ4v) is 2.30. The standard InChI is InChI=1S/C13H14N4O/c1-18-10-4-5-11-8(6-10)2-3-9-7-15-13(17-14)16-12(9)11/h4-7H,2-3,14H2,1H3,(H,15,16,17). The van der Waals surface area contributed by atoms with E-state index in [0.29, 0.717) is 5.95 Å². The minimum absolute atomic E-state index is 0.442. The van der Waals surface area contributed by atoms with Crippen LogP contribution in [-0.2, 0) is 12.8 Å². The third-order valence-electron chi connectivity index (χ3n) is 3.22. The Morgan fingerprint density at radius 2 is 2.11 bits per heavy atom. The van der Waals surface area contributed by atoms with Gasteiger partial charge in [0.1, 0.15) is 5.75 Å². The van der Waals surface area contributed by atoms with E-state index >= 15 is 0 Å². The molecule has 0 saturated carbocycles. The van der Waals surface area contributed by atoms with Crippen molar-refractivity contribution in [3.8, 4) is 17.0 Å². The third kappa shape index (κ3) is 1.69. The zero-order chi connectivity index (χ0) is 12.5. The topological polar surface area (TPSA) is 73.1 Å². The number of nitrogens with zero attached hydrogens (tertiary/aromatic N) is 2. The predicted octanol–water partition coefficient (Wildman–Crippen LogP) is 1.54. The number of nitrogen functional groups attached to an aromatic ring is 1. The maximum Gasteiger partial charge on any atom is 0.237 e. The lowest BCUT2D eigenvalue weighted by molar-refractivity contribution is 0.414. The van der Waals surface area contributed by atoms with E-state index in [-0.39, 0.29) is 0 Å². The van der Waals surface area contributed by atoms with Crippen LogP contribution >= 0.6 is 0 Å². The Labute approximate surface area is 105 Å². The number of ether oxygens (including phenoxy) is 1. The second kappa shape index (κ2) is 4.27. The second-order valence-corrected chi connectivity index (χ2v) is 4.23. The molecule has 0 bridgehead atoms. The molecule has 0 saturated heterocycles. The maximum atomic E-state index is 5.35. The van der Waals surface area contributed by atoms with Crippen LogP contribution in [0.15, 0.2) is 24.4 Å². The zero-order valence-electron chi connectivity index (χ0n) is 10.1. The van der Waals surface area contributed by atoms with Gasteiger partial charge in [0.2, 0.25) is 5.95 Å². The SMILES string of the molecule is COc1ccc2c(c1)CCc1cnc(NN)nc1-2. The highest BCUT2D eigenvalue weighted by molar-refractivity contribution is 5.71. The van der Waals surface area contributed by atoms with Gasteiger partial charge in [-0.1, -0.05) is 0 Å². The van der Waals surface area contributed by atoms with Gasteiger partial charge in [-0.15, -0.1) is 0 Å². The van der Waals surface area contributed by atoms with Crippen molar-refractivity contribution in [1.29, 1.82) is 0 Å². The molecule has 0 unspecified atom stereocenters. The van der Waals surface area contributed by atoms with Crippen molar-refractivity contribution >= 4 is 5.95 Å². The first-order chi connectivity index (χ1) is 8.81. The average molecular weight is 242 g/mol. The first-order valence-electron chi connectivity index (χ1n) is 5.81. The van der Waals surface area contributed by atoms with Crippen molar-refractivity contribution < 1.29 is 4.74 Å². The van der Waals surface area contributed by atoms with Gasteiger partial charge in [0, 0.05) is 11.8 Å². The van der Waals surface area contributed by atoms with E-state index in [4.69, 9.17) is 10.6 Å². The third-order valence-corrected chi connectivity index (χ3v) is 3.22. The Bertz CT molecular complexity index is 598. The Hall–Kier alpha value is -2.14. The molecular formula is C13H14N4O. The van der Waals surface area contributed by atoms with Crippen LogP contribution in [0.4, 0.5) is 5.95 Å². The van der Waals surface area contributed by atoms with E-state index in [1.54, 1.807) is 7.11 Å². The number of hydrogen-bond acceptors (Lipinski definition) is 5. The number of methoxy groups -OCH3 is 1. The number of rotatable bonds is 2. The Kier molecular flexibility index (Phi) is 2.60. The number of hydrogen-bond donors (Lipinski definition) is 2. The molecule has 1 heterocycles. The molecule has 0 fully saturated rings. The van der Waals surface area contributed by atoms with Gasteiger partial charge >= 0.3 is 0 Å². The lowest BCUT2D eigenvalue weighted by Gasteiger charge is -2.19. The number of benzene rings is 1. The smallest absolute Gasteiger partial charge is 0.237 e. The fourth-order valence-electron chi connectivity index (χ4n) is 2.30. The van der Waals surface area contributed by atoms with E-state index < -0.39 is 0 Å². The number of hydrazine groups is 1. The van der Waals surface area contributed by atoms with Gasteiger partial charge in [0.05, 0.1) is 12.8 Å². The second-order valence-electron chi connectivity index (χ2n) is 4.23. The number of aromatic nitrogens is 2. The highest BCUT2D eigenvalue weighted by atomic mass is 16.5. The molecule has 0 amide bonds. The highest BCUT2D eigenvalue weighted by Gasteiger charge is 2.18. The lowest BCUT2D eigenvalue weighted by atomic mass is 9.90. The molecule has 3 N–H and O–H groups in total. The largest absolute Gasteiger partial charge is 0.497 e. The van der Waals surface area contributed by atoms with Crippen molar-refractivity contribution in [3.63, 3.8) is 0 Å². The number of nitrogens with one attached hydrogen (secondary N) is 1. The Morgan fingerprint density at radius 3 is 2.89 bits per heavy atom. The summed E-state index contributed by atoms with van der Waals surface area (Å²) < 4.78 is 5.25. The summed E-state index contributed by atoms with van der Waals surface area (Å²) >= 11 is 0. The molecule has 1 aliphatic carbocycles. The number of aryl methyl sites for hydroxylation is 2. The Balaban J connectivity index is 2.15. The van der Waals surface area contributed by atoms with E-state index in [2.05, 4.69) is 21.5 Å². The summed E-state index contributed by atoms with van der Waals surface area (Å²) in [4.78, 5) is 8.59. The van der Waals surface area contributed by atoms with Crippen LogP contribution in [0.3, 0.4) is 0 Å². The van der Waals surface area contributed by atoms with Crippen LogP contribution in [0.25, 0.3) is 11.3 Å². The first-order valence-corrected chi connectivity index (χ1v) is 5.81. The molecule has 1 aromatic heterocycles. The molecule has 5 heteroatoms. The van der Waals surface area contributed by atoms with Gasteiger partial charge < -0.3 is 4.74 Å². The van der Waals surface area contributed by atoms with Gasteiger partial charge in [-0.05, 0) is 42.2 Å². The van der Waals surface area contributed by atoms with E-state index in [9.17, 15) is 0 Å². The summed E-state index contributed by atoms with van der Waals surface area (Å²) in [6.45, 7) is 0. The van der Waals surface area contributed by atoms with Gasteiger partial charge in [0.15, 0.2) is 0 Å². The summed E-state index contributed by atoms with van der Waals surface area (Å²) in [5.41, 5.74) is 6.99. The minimum atomic E-state index is 0.442. The van der Waals surface area contributed by atoms with E-state index in [1.165, 1.54) is 5.56 Å². The van der Waals surface area contributed by atoms with Crippen LogP contribution in [0, 0.1) is 0 Å². The average Bonchev–Trinajstić information content (AvgIpc) is 2.45.